The predicted octanol–water partition coefficient (Wildman–Crippen LogP) is 5.81. The fourth-order valence-electron chi connectivity index (χ4n) is 3.76. The van der Waals surface area contributed by atoms with Crippen molar-refractivity contribution in [3.8, 4) is 16.9 Å². The maximum atomic E-state index is 14.8. The summed E-state index contributed by atoms with van der Waals surface area (Å²) in [4.78, 5) is 0. The number of ether oxygens (including phenoxy) is 4. The van der Waals surface area contributed by atoms with E-state index in [1.807, 2.05) is 0 Å². The van der Waals surface area contributed by atoms with E-state index in [1.54, 1.807) is 0 Å². The fraction of sp³-hybridized carbons (Fsp3) is 0.280. The standard InChI is InChI=1S/C25H19F7O5/c26-16-6-17(27)8-18(7-16)37-25(31,32)23-21(29)4-15(5-22(23)30)19-2-1-14(3-20(19)28)24-35-10-13(11-36-24)9-34-12-33/h1-8,13,24,33H,9-12H2. The van der Waals surface area contributed by atoms with E-state index in [0.29, 0.717) is 30.3 Å². The van der Waals surface area contributed by atoms with E-state index < -0.39 is 59.6 Å². The Kier molecular flexibility index (Phi) is 8.02. The number of aliphatic hydroxyl groups is 1. The Morgan fingerprint density at radius 3 is 2.03 bits per heavy atom. The van der Waals surface area contributed by atoms with Crippen LogP contribution in [0.5, 0.6) is 5.75 Å². The van der Waals surface area contributed by atoms with Crippen LogP contribution in [0.2, 0.25) is 0 Å². The summed E-state index contributed by atoms with van der Waals surface area (Å²) in [7, 11) is 0. The van der Waals surface area contributed by atoms with E-state index in [2.05, 4.69) is 4.74 Å². The van der Waals surface area contributed by atoms with Crippen molar-refractivity contribution >= 4 is 0 Å². The van der Waals surface area contributed by atoms with E-state index in [1.165, 1.54) is 12.1 Å². The molecule has 1 N–H and O–H groups in total. The molecule has 0 aromatic heterocycles. The molecule has 0 saturated carbocycles. The van der Waals surface area contributed by atoms with Gasteiger partial charge in [0, 0.05) is 35.2 Å². The van der Waals surface area contributed by atoms with Crippen molar-refractivity contribution in [2.75, 3.05) is 26.6 Å². The van der Waals surface area contributed by atoms with E-state index in [9.17, 15) is 30.7 Å². The number of aliphatic hydroxyl groups excluding tert-OH is 1. The molecule has 3 aromatic rings. The van der Waals surface area contributed by atoms with Gasteiger partial charge in [0.2, 0.25) is 0 Å². The Balaban J connectivity index is 1.54. The van der Waals surface area contributed by atoms with Gasteiger partial charge in [-0.1, -0.05) is 12.1 Å². The first-order chi connectivity index (χ1) is 17.6. The molecule has 1 fully saturated rings. The highest BCUT2D eigenvalue weighted by molar-refractivity contribution is 5.65. The second-order valence-corrected chi connectivity index (χ2v) is 8.14. The molecule has 0 amide bonds. The third-order valence-corrected chi connectivity index (χ3v) is 5.40. The molecule has 1 heterocycles. The number of hydrogen-bond donors (Lipinski definition) is 1. The van der Waals surface area contributed by atoms with Gasteiger partial charge in [0.05, 0.1) is 19.8 Å². The first-order valence-electron chi connectivity index (χ1n) is 10.8. The third-order valence-electron chi connectivity index (χ3n) is 5.40. The molecule has 0 bridgehead atoms. The highest BCUT2D eigenvalue weighted by atomic mass is 19.3. The number of halogens is 7. The van der Waals surface area contributed by atoms with Crippen LogP contribution in [-0.4, -0.2) is 31.7 Å². The maximum Gasteiger partial charge on any atom is 0.432 e. The summed E-state index contributed by atoms with van der Waals surface area (Å²) < 4.78 is 120. The van der Waals surface area contributed by atoms with Crippen molar-refractivity contribution in [3.05, 3.63) is 88.7 Å². The van der Waals surface area contributed by atoms with Gasteiger partial charge in [-0.3, -0.25) is 0 Å². The van der Waals surface area contributed by atoms with Crippen molar-refractivity contribution in [3.63, 3.8) is 0 Å². The fourth-order valence-corrected chi connectivity index (χ4v) is 3.76. The molecule has 12 heteroatoms. The minimum Gasteiger partial charge on any atom is -0.429 e. The summed E-state index contributed by atoms with van der Waals surface area (Å²) in [5, 5.41) is 8.68. The summed E-state index contributed by atoms with van der Waals surface area (Å²) in [6.07, 6.45) is -5.57. The van der Waals surface area contributed by atoms with Gasteiger partial charge >= 0.3 is 6.11 Å². The Morgan fingerprint density at radius 1 is 0.838 bits per heavy atom. The topological polar surface area (TPSA) is 57.2 Å². The lowest BCUT2D eigenvalue weighted by Crippen LogP contribution is -2.30. The molecule has 0 aliphatic carbocycles. The van der Waals surface area contributed by atoms with Crippen molar-refractivity contribution < 1.29 is 54.8 Å². The van der Waals surface area contributed by atoms with Crippen LogP contribution in [0, 0.1) is 35.0 Å². The lowest BCUT2D eigenvalue weighted by Gasteiger charge is -2.29. The van der Waals surface area contributed by atoms with Crippen LogP contribution < -0.4 is 4.74 Å². The number of benzene rings is 3. The van der Waals surface area contributed by atoms with Crippen LogP contribution >= 0.6 is 0 Å². The second kappa shape index (κ2) is 11.1. The number of rotatable bonds is 8. The van der Waals surface area contributed by atoms with Gasteiger partial charge in [-0.15, -0.1) is 0 Å². The largest absolute Gasteiger partial charge is 0.432 e. The zero-order chi connectivity index (χ0) is 26.7. The Labute approximate surface area is 206 Å². The van der Waals surface area contributed by atoms with Crippen molar-refractivity contribution in [1.29, 1.82) is 0 Å². The number of hydrogen-bond acceptors (Lipinski definition) is 5. The summed E-state index contributed by atoms with van der Waals surface area (Å²) >= 11 is 0. The SMILES string of the molecule is OCOCC1COC(c2ccc(-c3cc(F)c(C(F)(F)Oc4cc(F)cc(F)c4)c(F)c3)c(F)c2)OC1. The van der Waals surface area contributed by atoms with Gasteiger partial charge in [-0.25, -0.2) is 22.0 Å². The van der Waals surface area contributed by atoms with E-state index in [-0.39, 0.29) is 42.4 Å². The van der Waals surface area contributed by atoms with Gasteiger partial charge in [0.1, 0.15) is 47.2 Å². The lowest BCUT2D eigenvalue weighted by atomic mass is 10.00. The predicted molar refractivity (Wildman–Crippen MR) is 114 cm³/mol. The first-order valence-corrected chi connectivity index (χ1v) is 10.8. The molecule has 0 atom stereocenters. The monoisotopic (exact) mass is 532 g/mol. The average Bonchev–Trinajstić information content (AvgIpc) is 2.81. The molecular weight excluding hydrogens is 513 g/mol. The molecule has 37 heavy (non-hydrogen) atoms. The van der Waals surface area contributed by atoms with E-state index >= 15 is 0 Å². The zero-order valence-corrected chi connectivity index (χ0v) is 18.8. The second-order valence-electron chi connectivity index (χ2n) is 8.14. The van der Waals surface area contributed by atoms with Gasteiger partial charge in [-0.2, -0.15) is 8.78 Å². The number of alkyl halides is 2. The van der Waals surface area contributed by atoms with E-state index in [4.69, 9.17) is 19.3 Å². The van der Waals surface area contributed by atoms with Crippen LogP contribution in [-0.2, 0) is 20.3 Å². The maximum absolute atomic E-state index is 14.8. The smallest absolute Gasteiger partial charge is 0.429 e. The minimum atomic E-state index is -4.65. The molecule has 4 rings (SSSR count). The molecule has 1 aliphatic heterocycles. The minimum absolute atomic E-state index is 0.140. The van der Waals surface area contributed by atoms with Gasteiger partial charge in [0.25, 0.3) is 0 Å². The first kappa shape index (κ1) is 26.9. The molecule has 5 nitrogen and oxygen atoms in total. The molecule has 0 spiro atoms. The highest BCUT2D eigenvalue weighted by Crippen LogP contribution is 2.38. The Bertz CT molecular complexity index is 1220. The zero-order valence-electron chi connectivity index (χ0n) is 18.8. The molecule has 0 radical (unpaired) electrons. The molecule has 1 saturated heterocycles. The highest BCUT2D eigenvalue weighted by Gasteiger charge is 2.41. The van der Waals surface area contributed by atoms with Gasteiger partial charge < -0.3 is 24.1 Å². The summed E-state index contributed by atoms with van der Waals surface area (Å²) in [6.45, 7) is 0.175. The third kappa shape index (κ3) is 6.21. The molecule has 198 valence electrons. The molecule has 3 aromatic carbocycles. The van der Waals surface area contributed by atoms with E-state index in [0.717, 1.165) is 6.07 Å². The van der Waals surface area contributed by atoms with Gasteiger partial charge in [-0.05, 0) is 23.8 Å². The summed E-state index contributed by atoms with van der Waals surface area (Å²) in [5.41, 5.74) is -2.24. The van der Waals surface area contributed by atoms with Crippen molar-refractivity contribution in [1.82, 2.24) is 0 Å². The van der Waals surface area contributed by atoms with Crippen LogP contribution in [0.15, 0.2) is 48.5 Å². The summed E-state index contributed by atoms with van der Waals surface area (Å²) in [6, 6.07) is 5.78. The molecular formula is C25H19F7O5. The van der Waals surface area contributed by atoms with Gasteiger partial charge in [0.15, 0.2) is 6.29 Å². The molecule has 0 unspecified atom stereocenters. The average molecular weight is 532 g/mol. The van der Waals surface area contributed by atoms with Crippen LogP contribution in [0.3, 0.4) is 0 Å². The lowest BCUT2D eigenvalue weighted by molar-refractivity contribution is -0.214. The Morgan fingerprint density at radius 2 is 1.46 bits per heavy atom. The normalized spacial score (nSPS) is 18.2. The van der Waals surface area contributed by atoms with Crippen LogP contribution in [0.25, 0.3) is 11.1 Å². The quantitative estimate of drug-likeness (QED) is 0.294. The van der Waals surface area contributed by atoms with Crippen molar-refractivity contribution in [2.45, 2.75) is 12.4 Å². The Hall–Kier alpha value is -3.19. The van der Waals surface area contributed by atoms with Crippen molar-refractivity contribution in [2.24, 2.45) is 5.92 Å². The van der Waals surface area contributed by atoms with Crippen LogP contribution in [0.4, 0.5) is 30.7 Å². The van der Waals surface area contributed by atoms with Crippen LogP contribution in [0.1, 0.15) is 17.4 Å². The molecule has 1 aliphatic rings. The summed E-state index contributed by atoms with van der Waals surface area (Å²) in [5.74, 6) is -8.07.